The number of thiocarbonyl (C=S) groups is 1. The van der Waals surface area contributed by atoms with Crippen LogP contribution >= 0.6 is 23.8 Å². The molecule has 3 N–H and O–H groups in total. The molecule has 0 fully saturated rings. The molecule has 0 amide bonds. The second-order valence-electron chi connectivity index (χ2n) is 3.26. The third kappa shape index (κ3) is 3.63. The molecule has 0 saturated carbocycles. The van der Waals surface area contributed by atoms with Crippen molar-refractivity contribution < 1.29 is 9.84 Å². The lowest BCUT2D eigenvalue weighted by Gasteiger charge is -2.11. The SMILES string of the molecule is NC(=S)c1c(Cl)cccc1OCCCCO. The van der Waals surface area contributed by atoms with Gasteiger partial charge in [0.1, 0.15) is 10.7 Å². The number of aliphatic hydroxyl groups is 1. The molecular weight excluding hydrogens is 246 g/mol. The predicted molar refractivity (Wildman–Crippen MR) is 69.2 cm³/mol. The number of nitrogens with two attached hydrogens (primary N) is 1. The summed E-state index contributed by atoms with van der Waals surface area (Å²) in [6, 6.07) is 5.28. The monoisotopic (exact) mass is 259 g/mol. The van der Waals surface area contributed by atoms with Crippen molar-refractivity contribution in [2.75, 3.05) is 13.2 Å². The molecule has 88 valence electrons. The van der Waals surface area contributed by atoms with E-state index in [0.717, 1.165) is 6.42 Å². The van der Waals surface area contributed by atoms with Gasteiger partial charge >= 0.3 is 0 Å². The summed E-state index contributed by atoms with van der Waals surface area (Å²) in [5.41, 5.74) is 6.15. The largest absolute Gasteiger partial charge is 0.493 e. The van der Waals surface area contributed by atoms with Gasteiger partial charge in [-0.05, 0) is 25.0 Å². The Labute approximate surface area is 105 Å². The molecule has 0 unspecified atom stereocenters. The molecular formula is C11H14ClNO2S. The molecule has 0 aliphatic carbocycles. The first-order valence-corrected chi connectivity index (χ1v) is 5.77. The zero-order valence-electron chi connectivity index (χ0n) is 8.78. The normalized spacial score (nSPS) is 10.1. The van der Waals surface area contributed by atoms with Crippen LogP contribution in [0.25, 0.3) is 0 Å². The van der Waals surface area contributed by atoms with Crippen molar-refractivity contribution in [3.63, 3.8) is 0 Å². The molecule has 0 aromatic heterocycles. The fourth-order valence-electron chi connectivity index (χ4n) is 1.26. The molecule has 1 rings (SSSR count). The van der Waals surface area contributed by atoms with Gasteiger partial charge in [0.25, 0.3) is 0 Å². The number of hydrogen-bond acceptors (Lipinski definition) is 3. The Hall–Kier alpha value is -0.840. The maximum Gasteiger partial charge on any atom is 0.130 e. The Morgan fingerprint density at radius 3 is 2.81 bits per heavy atom. The number of ether oxygens (including phenoxy) is 1. The van der Waals surface area contributed by atoms with E-state index < -0.39 is 0 Å². The van der Waals surface area contributed by atoms with Gasteiger partial charge in [0.2, 0.25) is 0 Å². The van der Waals surface area contributed by atoms with E-state index in [1.54, 1.807) is 18.2 Å². The van der Waals surface area contributed by atoms with Crippen LogP contribution in [0.5, 0.6) is 5.75 Å². The fourth-order valence-corrected chi connectivity index (χ4v) is 1.79. The van der Waals surface area contributed by atoms with Crippen LogP contribution in [0.2, 0.25) is 5.02 Å². The molecule has 1 aromatic rings. The molecule has 16 heavy (non-hydrogen) atoms. The van der Waals surface area contributed by atoms with E-state index in [9.17, 15) is 0 Å². The average molecular weight is 260 g/mol. The third-order valence-corrected chi connectivity index (χ3v) is 2.55. The Bertz CT molecular complexity index is 371. The Balaban J connectivity index is 2.71. The van der Waals surface area contributed by atoms with Crippen molar-refractivity contribution in [1.82, 2.24) is 0 Å². The van der Waals surface area contributed by atoms with Crippen LogP contribution in [0.1, 0.15) is 18.4 Å². The van der Waals surface area contributed by atoms with Crippen LogP contribution in [0.4, 0.5) is 0 Å². The minimum atomic E-state index is 0.168. The Kier molecular flexibility index (Phi) is 5.52. The van der Waals surface area contributed by atoms with Crippen molar-refractivity contribution in [2.24, 2.45) is 5.73 Å². The Morgan fingerprint density at radius 1 is 1.44 bits per heavy atom. The maximum absolute atomic E-state index is 8.63. The first-order valence-electron chi connectivity index (χ1n) is 4.98. The molecule has 0 bridgehead atoms. The topological polar surface area (TPSA) is 55.5 Å². The fraction of sp³-hybridized carbons (Fsp3) is 0.364. The van der Waals surface area contributed by atoms with Crippen molar-refractivity contribution >= 4 is 28.8 Å². The first-order chi connectivity index (χ1) is 7.66. The van der Waals surface area contributed by atoms with Crippen molar-refractivity contribution in [2.45, 2.75) is 12.8 Å². The van der Waals surface area contributed by atoms with E-state index in [-0.39, 0.29) is 11.6 Å². The van der Waals surface area contributed by atoms with E-state index in [1.165, 1.54) is 0 Å². The van der Waals surface area contributed by atoms with Gasteiger partial charge in [-0.15, -0.1) is 0 Å². The van der Waals surface area contributed by atoms with Crippen LogP contribution in [-0.2, 0) is 0 Å². The second-order valence-corrected chi connectivity index (χ2v) is 4.10. The van der Waals surface area contributed by atoms with E-state index in [1.807, 2.05) is 0 Å². The lowest BCUT2D eigenvalue weighted by molar-refractivity contribution is 0.253. The summed E-state index contributed by atoms with van der Waals surface area (Å²) in [4.78, 5) is 0.225. The first kappa shape index (κ1) is 13.2. The van der Waals surface area contributed by atoms with Crippen LogP contribution in [0.3, 0.4) is 0 Å². The lowest BCUT2D eigenvalue weighted by Crippen LogP contribution is -2.13. The van der Waals surface area contributed by atoms with Crippen LogP contribution in [0.15, 0.2) is 18.2 Å². The molecule has 0 aliphatic heterocycles. The van der Waals surface area contributed by atoms with E-state index in [4.69, 9.17) is 39.4 Å². The van der Waals surface area contributed by atoms with Gasteiger partial charge in [-0.1, -0.05) is 29.9 Å². The zero-order chi connectivity index (χ0) is 12.0. The predicted octanol–water partition coefficient (Wildman–Crippen LogP) is 2.13. The van der Waals surface area contributed by atoms with Crippen molar-refractivity contribution in [3.05, 3.63) is 28.8 Å². The summed E-state index contributed by atoms with van der Waals surface area (Å²) < 4.78 is 5.52. The summed E-state index contributed by atoms with van der Waals surface area (Å²) >= 11 is 10.9. The van der Waals surface area contributed by atoms with Crippen molar-refractivity contribution in [1.29, 1.82) is 0 Å². The van der Waals surface area contributed by atoms with Crippen LogP contribution < -0.4 is 10.5 Å². The zero-order valence-corrected chi connectivity index (χ0v) is 10.4. The molecule has 0 saturated heterocycles. The average Bonchev–Trinajstić information content (AvgIpc) is 2.24. The van der Waals surface area contributed by atoms with Gasteiger partial charge in [-0.25, -0.2) is 0 Å². The minimum Gasteiger partial charge on any atom is -0.493 e. The van der Waals surface area contributed by atoms with Gasteiger partial charge in [-0.3, -0.25) is 0 Å². The highest BCUT2D eigenvalue weighted by molar-refractivity contribution is 7.80. The molecule has 0 atom stereocenters. The molecule has 3 nitrogen and oxygen atoms in total. The summed E-state index contributed by atoms with van der Waals surface area (Å²) in [7, 11) is 0. The Morgan fingerprint density at radius 2 is 2.19 bits per heavy atom. The number of hydrogen-bond donors (Lipinski definition) is 2. The number of benzene rings is 1. The minimum absolute atomic E-state index is 0.168. The standard InChI is InChI=1S/C11H14ClNO2S/c12-8-4-3-5-9(10(8)11(13)16)15-7-2-1-6-14/h3-5,14H,1-2,6-7H2,(H2,13,16). The number of unbranched alkanes of at least 4 members (excludes halogenated alkanes) is 1. The van der Waals surface area contributed by atoms with E-state index in [0.29, 0.717) is 29.4 Å². The van der Waals surface area contributed by atoms with E-state index >= 15 is 0 Å². The highest BCUT2D eigenvalue weighted by Crippen LogP contribution is 2.26. The van der Waals surface area contributed by atoms with Gasteiger partial charge < -0.3 is 15.6 Å². The molecule has 0 radical (unpaired) electrons. The van der Waals surface area contributed by atoms with Gasteiger partial charge in [-0.2, -0.15) is 0 Å². The quantitative estimate of drug-likeness (QED) is 0.607. The van der Waals surface area contributed by atoms with Crippen LogP contribution in [-0.4, -0.2) is 23.3 Å². The van der Waals surface area contributed by atoms with Crippen molar-refractivity contribution in [3.8, 4) is 5.75 Å². The van der Waals surface area contributed by atoms with Gasteiger partial charge in [0.05, 0.1) is 17.2 Å². The second kappa shape index (κ2) is 6.68. The highest BCUT2D eigenvalue weighted by atomic mass is 35.5. The van der Waals surface area contributed by atoms with Gasteiger partial charge in [0.15, 0.2) is 0 Å². The molecule has 0 aliphatic rings. The number of aliphatic hydroxyl groups excluding tert-OH is 1. The summed E-state index contributed by atoms with van der Waals surface area (Å²) in [6.07, 6.45) is 1.49. The molecule has 1 aromatic carbocycles. The summed E-state index contributed by atoms with van der Waals surface area (Å²) in [5, 5.41) is 9.13. The number of halogens is 1. The molecule has 0 spiro atoms. The maximum atomic E-state index is 8.63. The third-order valence-electron chi connectivity index (χ3n) is 2.03. The lowest BCUT2D eigenvalue weighted by atomic mass is 10.2. The van der Waals surface area contributed by atoms with Gasteiger partial charge in [0, 0.05) is 6.61 Å². The molecule has 0 heterocycles. The highest BCUT2D eigenvalue weighted by Gasteiger charge is 2.10. The smallest absolute Gasteiger partial charge is 0.130 e. The molecule has 5 heteroatoms. The number of rotatable bonds is 6. The summed E-state index contributed by atoms with van der Waals surface area (Å²) in [5.74, 6) is 0.595. The van der Waals surface area contributed by atoms with E-state index in [2.05, 4.69) is 0 Å². The summed E-state index contributed by atoms with van der Waals surface area (Å²) in [6.45, 7) is 0.678. The van der Waals surface area contributed by atoms with Crippen LogP contribution in [0, 0.1) is 0 Å².